The molecule has 0 fully saturated rings. The predicted octanol–water partition coefficient (Wildman–Crippen LogP) is 8.55. The van der Waals surface area contributed by atoms with Crippen LogP contribution < -0.4 is 5.69 Å². The summed E-state index contributed by atoms with van der Waals surface area (Å²) in [5.41, 5.74) is 8.79. The van der Waals surface area contributed by atoms with Gasteiger partial charge in [0.25, 0.3) is 0 Å². The SMILES string of the molecule is Cn1c(=O)n(C)c2cc(-c3ccc(-c4nc(-c5ccccc5)nc(-c5c(-c6ccccc6)ccc6ccccc56)n4)cc3)ccc21. The molecular formula is C40H29N5O. The minimum Gasteiger partial charge on any atom is -0.295 e. The molecule has 220 valence electrons. The summed E-state index contributed by atoms with van der Waals surface area (Å²) >= 11 is 0. The van der Waals surface area contributed by atoms with E-state index in [0.717, 1.165) is 60.8 Å². The second-order valence-electron chi connectivity index (χ2n) is 11.4. The third-order valence-electron chi connectivity index (χ3n) is 8.65. The van der Waals surface area contributed by atoms with Gasteiger partial charge in [0.15, 0.2) is 17.5 Å². The lowest BCUT2D eigenvalue weighted by molar-refractivity contribution is 0.795. The van der Waals surface area contributed by atoms with Crippen LogP contribution in [0.3, 0.4) is 0 Å². The Labute approximate surface area is 265 Å². The van der Waals surface area contributed by atoms with E-state index in [9.17, 15) is 4.79 Å². The van der Waals surface area contributed by atoms with E-state index in [-0.39, 0.29) is 5.69 Å². The van der Waals surface area contributed by atoms with Crippen molar-refractivity contribution in [2.75, 3.05) is 0 Å². The molecule has 46 heavy (non-hydrogen) atoms. The van der Waals surface area contributed by atoms with Gasteiger partial charge >= 0.3 is 5.69 Å². The number of aromatic nitrogens is 5. The van der Waals surface area contributed by atoms with Crippen molar-refractivity contribution in [1.29, 1.82) is 0 Å². The first-order chi connectivity index (χ1) is 22.5. The Morgan fingerprint density at radius 2 is 1.00 bits per heavy atom. The summed E-state index contributed by atoms with van der Waals surface area (Å²) in [7, 11) is 3.60. The average molecular weight is 596 g/mol. The summed E-state index contributed by atoms with van der Waals surface area (Å²) in [6.45, 7) is 0. The molecule has 6 nitrogen and oxygen atoms in total. The highest BCUT2D eigenvalue weighted by Gasteiger charge is 2.18. The van der Waals surface area contributed by atoms with Gasteiger partial charge < -0.3 is 0 Å². The molecule has 0 N–H and O–H groups in total. The van der Waals surface area contributed by atoms with Gasteiger partial charge in [-0.2, -0.15) is 0 Å². The summed E-state index contributed by atoms with van der Waals surface area (Å²) in [6, 6.07) is 47.5. The van der Waals surface area contributed by atoms with Crippen LogP contribution in [0.1, 0.15) is 0 Å². The van der Waals surface area contributed by atoms with E-state index in [1.165, 1.54) is 0 Å². The Hall–Kier alpha value is -6.14. The van der Waals surface area contributed by atoms with Gasteiger partial charge in [0.2, 0.25) is 0 Å². The molecule has 0 amide bonds. The minimum absolute atomic E-state index is 0.0380. The van der Waals surface area contributed by atoms with Crippen molar-refractivity contribution in [1.82, 2.24) is 24.1 Å². The highest BCUT2D eigenvalue weighted by Crippen LogP contribution is 2.38. The number of imidazole rings is 1. The van der Waals surface area contributed by atoms with Crippen molar-refractivity contribution < 1.29 is 0 Å². The fourth-order valence-electron chi connectivity index (χ4n) is 6.20. The van der Waals surface area contributed by atoms with Gasteiger partial charge in [-0.3, -0.25) is 9.13 Å². The first kappa shape index (κ1) is 27.4. The predicted molar refractivity (Wildman–Crippen MR) is 186 cm³/mol. The number of nitrogens with zero attached hydrogens (tertiary/aromatic N) is 5. The van der Waals surface area contributed by atoms with Crippen LogP contribution in [0.15, 0.2) is 144 Å². The van der Waals surface area contributed by atoms with Crippen molar-refractivity contribution in [3.8, 4) is 56.4 Å². The zero-order valence-corrected chi connectivity index (χ0v) is 25.4. The number of hydrogen-bond donors (Lipinski definition) is 0. The van der Waals surface area contributed by atoms with Gasteiger partial charge in [-0.05, 0) is 45.2 Å². The van der Waals surface area contributed by atoms with Crippen molar-refractivity contribution in [3.63, 3.8) is 0 Å². The smallest absolute Gasteiger partial charge is 0.295 e. The monoisotopic (exact) mass is 595 g/mol. The molecule has 0 aliphatic carbocycles. The fraction of sp³-hybridized carbons (Fsp3) is 0.0500. The van der Waals surface area contributed by atoms with Crippen LogP contribution in [-0.2, 0) is 14.1 Å². The van der Waals surface area contributed by atoms with Crippen molar-refractivity contribution >= 4 is 21.8 Å². The van der Waals surface area contributed by atoms with Crippen molar-refractivity contribution in [3.05, 3.63) is 150 Å². The van der Waals surface area contributed by atoms with Crippen LogP contribution in [0.25, 0.3) is 78.2 Å². The Morgan fingerprint density at radius 1 is 0.457 bits per heavy atom. The Kier molecular flexibility index (Phi) is 6.61. The van der Waals surface area contributed by atoms with Crippen molar-refractivity contribution in [2.24, 2.45) is 14.1 Å². The zero-order chi connectivity index (χ0) is 31.2. The van der Waals surface area contributed by atoms with Crippen molar-refractivity contribution in [2.45, 2.75) is 0 Å². The first-order valence-electron chi connectivity index (χ1n) is 15.2. The summed E-state index contributed by atoms with van der Waals surface area (Å²) in [6.07, 6.45) is 0. The molecule has 0 atom stereocenters. The fourth-order valence-corrected chi connectivity index (χ4v) is 6.20. The highest BCUT2D eigenvalue weighted by molar-refractivity contribution is 6.03. The van der Waals surface area contributed by atoms with Crippen LogP contribution in [0, 0.1) is 0 Å². The normalized spacial score (nSPS) is 11.3. The van der Waals surface area contributed by atoms with Gasteiger partial charge in [-0.15, -0.1) is 0 Å². The van der Waals surface area contributed by atoms with E-state index in [1.54, 1.807) is 23.2 Å². The third-order valence-corrected chi connectivity index (χ3v) is 8.65. The summed E-state index contributed by atoms with van der Waals surface area (Å²) in [5, 5.41) is 2.21. The van der Waals surface area contributed by atoms with E-state index < -0.39 is 0 Å². The van der Waals surface area contributed by atoms with E-state index in [0.29, 0.717) is 17.5 Å². The van der Waals surface area contributed by atoms with Crippen LogP contribution in [0.2, 0.25) is 0 Å². The lowest BCUT2D eigenvalue weighted by atomic mass is 9.93. The average Bonchev–Trinajstić information content (AvgIpc) is 3.34. The molecule has 6 heteroatoms. The quantitative estimate of drug-likeness (QED) is 0.200. The lowest BCUT2D eigenvalue weighted by Crippen LogP contribution is -2.19. The number of aryl methyl sites for hydroxylation is 2. The van der Waals surface area contributed by atoms with E-state index in [1.807, 2.05) is 42.5 Å². The Bertz CT molecular complexity index is 2440. The topological polar surface area (TPSA) is 65.6 Å². The first-order valence-corrected chi connectivity index (χ1v) is 15.2. The van der Waals surface area contributed by atoms with Gasteiger partial charge in [-0.1, -0.05) is 127 Å². The molecule has 0 radical (unpaired) electrons. The molecule has 0 aliphatic heterocycles. The molecule has 0 saturated heterocycles. The number of rotatable bonds is 5. The molecule has 2 heterocycles. The number of benzene rings is 6. The molecular weight excluding hydrogens is 566 g/mol. The molecule has 0 saturated carbocycles. The van der Waals surface area contributed by atoms with Gasteiger partial charge in [-0.25, -0.2) is 19.7 Å². The van der Waals surface area contributed by atoms with Gasteiger partial charge in [0.1, 0.15) is 0 Å². The van der Waals surface area contributed by atoms with E-state index in [2.05, 4.69) is 97.1 Å². The lowest BCUT2D eigenvalue weighted by Gasteiger charge is -2.15. The summed E-state index contributed by atoms with van der Waals surface area (Å²) < 4.78 is 3.35. The summed E-state index contributed by atoms with van der Waals surface area (Å²) in [4.78, 5) is 27.7. The highest BCUT2D eigenvalue weighted by atomic mass is 16.1. The maximum atomic E-state index is 12.5. The van der Waals surface area contributed by atoms with E-state index >= 15 is 0 Å². The van der Waals surface area contributed by atoms with Crippen LogP contribution >= 0.6 is 0 Å². The standard InChI is InChI=1S/C40H29N5O/c1-44-34-24-22-31(25-35(34)45(2)40(44)46)26-17-19-30(20-18-26)38-41-37(29-14-7-4-8-15-29)42-39(43-38)36-32-16-10-9-13-28(32)21-23-33(36)27-11-5-3-6-12-27/h3-25H,1-2H3. The van der Waals surface area contributed by atoms with Crippen LogP contribution in [0.4, 0.5) is 0 Å². The van der Waals surface area contributed by atoms with Crippen LogP contribution in [-0.4, -0.2) is 24.1 Å². The molecule has 0 unspecified atom stereocenters. The number of hydrogen-bond acceptors (Lipinski definition) is 4. The Morgan fingerprint density at radius 3 is 1.72 bits per heavy atom. The Balaban J connectivity index is 1.30. The second-order valence-corrected chi connectivity index (χ2v) is 11.4. The molecule has 8 rings (SSSR count). The largest absolute Gasteiger partial charge is 0.328 e. The zero-order valence-electron chi connectivity index (χ0n) is 25.4. The molecule has 0 aliphatic rings. The maximum Gasteiger partial charge on any atom is 0.328 e. The molecule has 8 aromatic rings. The molecule has 6 aromatic carbocycles. The second kappa shape index (κ2) is 11.1. The van der Waals surface area contributed by atoms with Gasteiger partial charge in [0, 0.05) is 30.8 Å². The molecule has 2 aromatic heterocycles. The van der Waals surface area contributed by atoms with E-state index in [4.69, 9.17) is 15.0 Å². The maximum absolute atomic E-state index is 12.5. The minimum atomic E-state index is -0.0380. The number of fused-ring (bicyclic) bond motifs is 2. The molecule has 0 bridgehead atoms. The van der Waals surface area contributed by atoms with Gasteiger partial charge in [0.05, 0.1) is 11.0 Å². The molecule has 0 spiro atoms. The van der Waals surface area contributed by atoms with Crippen LogP contribution in [0.5, 0.6) is 0 Å². The third kappa shape index (κ3) is 4.68. The summed E-state index contributed by atoms with van der Waals surface area (Å²) in [5.74, 6) is 1.84.